The van der Waals surface area contributed by atoms with E-state index in [1.165, 1.54) is 0 Å². The van der Waals surface area contributed by atoms with Crippen LogP contribution in [-0.2, 0) is 9.37 Å². The molecule has 0 aliphatic rings. The molecule has 0 spiro atoms. The van der Waals surface area contributed by atoms with Gasteiger partial charge in [-0.2, -0.15) is 0 Å². The molecular weight excluding hydrogens is 279 g/mol. The fourth-order valence-corrected chi connectivity index (χ4v) is 1.26. The van der Waals surface area contributed by atoms with Crippen molar-refractivity contribution in [3.05, 3.63) is 27.8 Å². The van der Waals surface area contributed by atoms with Gasteiger partial charge >= 0.3 is 0 Å². The molecule has 0 aromatic heterocycles. The summed E-state index contributed by atoms with van der Waals surface area (Å²) in [5.41, 5.74) is 0. The van der Waals surface area contributed by atoms with Crippen molar-refractivity contribution in [2.24, 2.45) is 0 Å². The summed E-state index contributed by atoms with van der Waals surface area (Å²) in [6, 6.07) is 7.60. The number of rotatable bonds is 3. The molecule has 0 radical (unpaired) electrons. The Bertz CT molecular complexity index is 214. The van der Waals surface area contributed by atoms with Gasteiger partial charge < -0.3 is 0 Å². The van der Waals surface area contributed by atoms with Crippen LogP contribution in [0.5, 0.6) is 0 Å². The largest absolute Gasteiger partial charge is 0.220 e. The molecule has 1 aromatic rings. The minimum absolute atomic E-state index is 0.875. The van der Waals surface area contributed by atoms with E-state index in [2.05, 4.69) is 32.0 Å². The van der Waals surface area contributed by atoms with Crippen LogP contribution in [0.2, 0.25) is 0 Å². The molecule has 1 rings (SSSR count). The zero-order valence-corrected chi connectivity index (χ0v) is 8.33. The molecule has 0 saturated carbocycles. The van der Waals surface area contributed by atoms with Gasteiger partial charge in [-0.1, -0.05) is 5.04 Å². The SMILES string of the molecule is OOOSc1ccc(I)cc1. The maximum atomic E-state index is 7.84. The predicted octanol–water partition coefficient (Wildman–Crippen LogP) is 2.72. The normalized spacial score (nSPS) is 10.0. The summed E-state index contributed by atoms with van der Waals surface area (Å²) in [6.45, 7) is 0. The van der Waals surface area contributed by atoms with Crippen molar-refractivity contribution in [3.63, 3.8) is 0 Å². The van der Waals surface area contributed by atoms with Crippen LogP contribution in [0.25, 0.3) is 0 Å². The van der Waals surface area contributed by atoms with Crippen LogP contribution in [0.4, 0.5) is 0 Å². The summed E-state index contributed by atoms with van der Waals surface area (Å²) in [5, 5.41) is 11.3. The van der Waals surface area contributed by atoms with E-state index in [1.54, 1.807) is 0 Å². The van der Waals surface area contributed by atoms with Crippen LogP contribution in [0.15, 0.2) is 29.2 Å². The minimum atomic E-state index is 0.875. The third-order valence-electron chi connectivity index (χ3n) is 0.974. The van der Waals surface area contributed by atoms with Crippen molar-refractivity contribution in [3.8, 4) is 0 Å². The zero-order chi connectivity index (χ0) is 8.10. The third-order valence-corrected chi connectivity index (χ3v) is 2.29. The number of benzene rings is 1. The molecule has 0 unspecified atom stereocenters. The van der Waals surface area contributed by atoms with E-state index in [9.17, 15) is 0 Å². The van der Waals surface area contributed by atoms with Crippen molar-refractivity contribution in [1.82, 2.24) is 0 Å². The van der Waals surface area contributed by atoms with Gasteiger partial charge in [-0.05, 0) is 46.9 Å². The predicted molar refractivity (Wildman–Crippen MR) is 49.8 cm³/mol. The lowest BCUT2D eigenvalue weighted by atomic mass is 10.4. The summed E-state index contributed by atoms with van der Waals surface area (Å²) in [5.74, 6) is 0. The monoisotopic (exact) mass is 284 g/mol. The minimum Gasteiger partial charge on any atom is -0.220 e. The Morgan fingerprint density at radius 2 is 1.91 bits per heavy atom. The van der Waals surface area contributed by atoms with Gasteiger partial charge in [0, 0.05) is 8.47 Å². The first-order valence-electron chi connectivity index (χ1n) is 2.73. The molecule has 0 fully saturated rings. The van der Waals surface area contributed by atoms with E-state index in [4.69, 9.17) is 5.26 Å². The summed E-state index contributed by atoms with van der Waals surface area (Å²) < 4.78 is 5.38. The first-order valence-corrected chi connectivity index (χ1v) is 4.55. The Kier molecular flexibility index (Phi) is 4.16. The quantitative estimate of drug-likeness (QED) is 0.401. The Morgan fingerprint density at radius 3 is 2.45 bits per heavy atom. The van der Waals surface area contributed by atoms with Gasteiger partial charge in [0.25, 0.3) is 0 Å². The van der Waals surface area contributed by atoms with E-state index in [0.29, 0.717) is 0 Å². The van der Waals surface area contributed by atoms with Gasteiger partial charge in [0.15, 0.2) is 0 Å². The van der Waals surface area contributed by atoms with Crippen molar-refractivity contribution in [2.75, 3.05) is 0 Å². The molecular formula is C6H5IO3S. The highest BCUT2D eigenvalue weighted by Gasteiger charge is 1.93. The molecule has 3 nitrogen and oxygen atoms in total. The lowest BCUT2D eigenvalue weighted by Gasteiger charge is -1.95. The Morgan fingerprint density at radius 1 is 1.27 bits per heavy atom. The van der Waals surface area contributed by atoms with E-state index in [1.807, 2.05) is 24.3 Å². The molecule has 1 aromatic carbocycles. The Labute approximate surface area is 81.9 Å². The molecule has 0 bridgehead atoms. The smallest absolute Gasteiger partial charge is 0.0714 e. The summed E-state index contributed by atoms with van der Waals surface area (Å²) in [7, 11) is 0. The van der Waals surface area contributed by atoms with Gasteiger partial charge in [-0.25, -0.2) is 5.26 Å². The maximum absolute atomic E-state index is 7.84. The lowest BCUT2D eigenvalue weighted by Crippen LogP contribution is -1.78. The number of hydrogen-bond acceptors (Lipinski definition) is 4. The van der Waals surface area contributed by atoms with E-state index < -0.39 is 0 Å². The second-order valence-electron chi connectivity index (χ2n) is 1.68. The Hall–Kier alpha value is 0.180. The molecule has 60 valence electrons. The van der Waals surface area contributed by atoms with Crippen LogP contribution in [0, 0.1) is 3.57 Å². The average Bonchev–Trinajstić information content (AvgIpc) is 2.04. The van der Waals surface area contributed by atoms with Crippen LogP contribution in [0.1, 0.15) is 0 Å². The van der Waals surface area contributed by atoms with Crippen LogP contribution < -0.4 is 0 Å². The summed E-state index contributed by atoms with van der Waals surface area (Å²) in [4.78, 5) is 0.875. The van der Waals surface area contributed by atoms with Gasteiger partial charge in [-0.3, -0.25) is 0 Å². The van der Waals surface area contributed by atoms with E-state index in [0.717, 1.165) is 20.5 Å². The third kappa shape index (κ3) is 3.39. The first-order chi connectivity index (χ1) is 5.33. The second kappa shape index (κ2) is 4.94. The fourth-order valence-electron chi connectivity index (χ4n) is 0.545. The highest BCUT2D eigenvalue weighted by Crippen LogP contribution is 2.19. The van der Waals surface area contributed by atoms with Crippen molar-refractivity contribution in [2.45, 2.75) is 4.90 Å². The molecule has 5 heteroatoms. The molecule has 0 aliphatic heterocycles. The maximum Gasteiger partial charge on any atom is 0.0714 e. The highest BCUT2D eigenvalue weighted by molar-refractivity contribution is 14.1. The fraction of sp³-hybridized carbons (Fsp3) is 0. The summed E-state index contributed by atoms with van der Waals surface area (Å²) >= 11 is 3.16. The van der Waals surface area contributed by atoms with Crippen LogP contribution >= 0.6 is 34.6 Å². The van der Waals surface area contributed by atoms with Crippen molar-refractivity contribution >= 4 is 34.6 Å². The van der Waals surface area contributed by atoms with Gasteiger partial charge in [0.05, 0.1) is 12.0 Å². The van der Waals surface area contributed by atoms with Crippen LogP contribution in [0.3, 0.4) is 0 Å². The topological polar surface area (TPSA) is 38.7 Å². The lowest BCUT2D eigenvalue weighted by molar-refractivity contribution is -0.432. The van der Waals surface area contributed by atoms with Crippen molar-refractivity contribution < 1.29 is 14.6 Å². The molecule has 0 aliphatic carbocycles. The standard InChI is InChI=1S/C6H5IO3S/c7-5-1-3-6(4-2-5)11-10-9-8/h1-4,8H. The summed E-state index contributed by atoms with van der Waals surface area (Å²) in [6.07, 6.45) is 0. The highest BCUT2D eigenvalue weighted by atomic mass is 127. The van der Waals surface area contributed by atoms with Crippen LogP contribution in [-0.4, -0.2) is 5.26 Å². The first kappa shape index (κ1) is 9.27. The zero-order valence-electron chi connectivity index (χ0n) is 5.36. The molecule has 0 amide bonds. The molecule has 11 heavy (non-hydrogen) atoms. The van der Waals surface area contributed by atoms with E-state index >= 15 is 0 Å². The van der Waals surface area contributed by atoms with Gasteiger partial charge in [0.1, 0.15) is 0 Å². The second-order valence-corrected chi connectivity index (χ2v) is 3.70. The van der Waals surface area contributed by atoms with E-state index in [-0.39, 0.29) is 0 Å². The molecule has 0 heterocycles. The average molecular weight is 284 g/mol. The van der Waals surface area contributed by atoms with Gasteiger partial charge in [0.2, 0.25) is 0 Å². The number of hydrogen-bond donors (Lipinski definition) is 1. The van der Waals surface area contributed by atoms with Gasteiger partial charge in [-0.15, -0.1) is 4.33 Å². The van der Waals surface area contributed by atoms with Crippen molar-refractivity contribution in [1.29, 1.82) is 0 Å². The molecule has 0 saturated heterocycles. The molecule has 1 N–H and O–H groups in total. The molecule has 0 atom stereocenters. The number of halogens is 1. The Balaban J connectivity index is 2.52.